The Hall–Kier alpha value is -3.01. The highest BCUT2D eigenvalue weighted by atomic mass is 32.2. The Labute approximate surface area is 188 Å². The summed E-state index contributed by atoms with van der Waals surface area (Å²) in [5.41, 5.74) is 2.43. The van der Waals surface area contributed by atoms with Gasteiger partial charge in [0.2, 0.25) is 5.95 Å². The van der Waals surface area contributed by atoms with Crippen molar-refractivity contribution in [2.24, 2.45) is 0 Å². The molecular weight excluding hydrogens is 428 g/mol. The van der Waals surface area contributed by atoms with Crippen LogP contribution in [0.5, 0.6) is 5.75 Å². The third-order valence-corrected chi connectivity index (χ3v) is 7.00. The number of nitrogens with zero attached hydrogens (tertiary/aromatic N) is 3. The van der Waals surface area contributed by atoms with E-state index in [1.165, 1.54) is 0 Å². The van der Waals surface area contributed by atoms with Gasteiger partial charge in [-0.2, -0.15) is 0 Å². The van der Waals surface area contributed by atoms with E-state index in [9.17, 15) is 8.42 Å². The topological polar surface area (TPSA) is 93.6 Å². The fourth-order valence-electron chi connectivity index (χ4n) is 3.41. The maximum atomic E-state index is 12.7. The van der Waals surface area contributed by atoms with Gasteiger partial charge in [-0.05, 0) is 54.6 Å². The second-order valence-corrected chi connectivity index (χ2v) is 9.53. The van der Waals surface area contributed by atoms with E-state index in [2.05, 4.69) is 20.2 Å². The fourth-order valence-corrected chi connectivity index (χ4v) is 4.69. The third kappa shape index (κ3) is 5.61. The summed E-state index contributed by atoms with van der Waals surface area (Å²) in [6, 6.07) is 16.1. The van der Waals surface area contributed by atoms with Crippen molar-refractivity contribution in [3.63, 3.8) is 0 Å². The molecular formula is C23H26N4O4S. The van der Waals surface area contributed by atoms with Crippen molar-refractivity contribution in [2.75, 3.05) is 51.0 Å². The summed E-state index contributed by atoms with van der Waals surface area (Å²) in [6.07, 6.45) is 1.68. The van der Waals surface area contributed by atoms with Crippen LogP contribution in [0.25, 0.3) is 11.3 Å². The number of anilines is 2. The zero-order valence-electron chi connectivity index (χ0n) is 17.9. The van der Waals surface area contributed by atoms with Crippen molar-refractivity contribution in [2.45, 2.75) is 4.90 Å². The molecule has 1 aromatic heterocycles. The number of sulfone groups is 1. The van der Waals surface area contributed by atoms with E-state index in [1.807, 2.05) is 30.3 Å². The lowest BCUT2D eigenvalue weighted by Gasteiger charge is -2.26. The Morgan fingerprint density at radius 1 is 1.03 bits per heavy atom. The Morgan fingerprint density at radius 2 is 1.75 bits per heavy atom. The molecule has 9 heteroatoms. The van der Waals surface area contributed by atoms with Gasteiger partial charge in [0.15, 0.2) is 9.84 Å². The van der Waals surface area contributed by atoms with E-state index in [0.29, 0.717) is 36.3 Å². The number of nitrogens with one attached hydrogen (secondary N) is 1. The molecule has 0 saturated carbocycles. The highest BCUT2D eigenvalue weighted by Gasteiger charge is 2.18. The Bertz CT molecular complexity index is 1130. The number of benzene rings is 2. The Morgan fingerprint density at radius 3 is 2.44 bits per heavy atom. The number of hydrogen-bond acceptors (Lipinski definition) is 8. The van der Waals surface area contributed by atoms with Crippen molar-refractivity contribution in [1.82, 2.24) is 14.9 Å². The third-order valence-electron chi connectivity index (χ3n) is 5.29. The smallest absolute Gasteiger partial charge is 0.227 e. The molecule has 3 aromatic rings. The van der Waals surface area contributed by atoms with Gasteiger partial charge in [0.25, 0.3) is 0 Å². The van der Waals surface area contributed by atoms with E-state index in [4.69, 9.17) is 9.47 Å². The van der Waals surface area contributed by atoms with Gasteiger partial charge in [-0.1, -0.05) is 0 Å². The predicted octanol–water partition coefficient (Wildman–Crippen LogP) is 3.00. The van der Waals surface area contributed by atoms with Gasteiger partial charge < -0.3 is 14.8 Å². The van der Waals surface area contributed by atoms with Crippen LogP contribution in [0, 0.1) is 0 Å². The van der Waals surface area contributed by atoms with Crippen molar-refractivity contribution in [3.05, 3.63) is 60.8 Å². The Kier molecular flexibility index (Phi) is 6.99. The summed E-state index contributed by atoms with van der Waals surface area (Å²) >= 11 is 0. The van der Waals surface area contributed by atoms with Gasteiger partial charge >= 0.3 is 0 Å². The van der Waals surface area contributed by atoms with E-state index < -0.39 is 9.84 Å². The fraction of sp³-hybridized carbons (Fsp3) is 0.304. The van der Waals surface area contributed by atoms with Crippen LogP contribution < -0.4 is 10.1 Å². The zero-order valence-corrected chi connectivity index (χ0v) is 18.7. The number of hydrogen-bond donors (Lipinski definition) is 1. The molecule has 1 fully saturated rings. The van der Waals surface area contributed by atoms with Crippen LogP contribution in [0.2, 0.25) is 0 Å². The lowest BCUT2D eigenvalue weighted by Crippen LogP contribution is -2.39. The first-order chi connectivity index (χ1) is 15.5. The molecule has 168 valence electrons. The molecule has 1 aliphatic rings. The number of rotatable bonds is 8. The lowest BCUT2D eigenvalue weighted by molar-refractivity contribution is 0.0408. The first-order valence-electron chi connectivity index (χ1n) is 10.4. The maximum absolute atomic E-state index is 12.7. The predicted molar refractivity (Wildman–Crippen MR) is 123 cm³/mol. The molecule has 0 aliphatic carbocycles. The molecule has 0 bridgehead atoms. The number of methoxy groups -OCH3 is 1. The minimum absolute atomic E-state index is 0.0901. The first-order valence-corrected chi connectivity index (χ1v) is 12.1. The average molecular weight is 455 g/mol. The van der Waals surface area contributed by atoms with Crippen LogP contribution >= 0.6 is 0 Å². The summed E-state index contributed by atoms with van der Waals surface area (Å²) in [6.45, 7) is 3.37. The first kappa shape index (κ1) is 22.2. The molecule has 2 aromatic carbocycles. The highest BCUT2D eigenvalue weighted by Crippen LogP contribution is 2.23. The van der Waals surface area contributed by atoms with E-state index in [-0.39, 0.29) is 5.75 Å². The Balaban J connectivity index is 1.41. The van der Waals surface area contributed by atoms with Crippen LogP contribution in [-0.4, -0.2) is 69.0 Å². The molecule has 1 aliphatic heterocycles. The van der Waals surface area contributed by atoms with E-state index in [1.54, 1.807) is 37.6 Å². The summed E-state index contributed by atoms with van der Waals surface area (Å²) in [4.78, 5) is 11.2. The second-order valence-electron chi connectivity index (χ2n) is 7.42. The summed E-state index contributed by atoms with van der Waals surface area (Å²) in [5.74, 6) is 1.30. The molecule has 8 nitrogen and oxygen atoms in total. The van der Waals surface area contributed by atoms with Gasteiger partial charge in [-0.15, -0.1) is 0 Å². The van der Waals surface area contributed by atoms with Crippen molar-refractivity contribution in [1.29, 1.82) is 0 Å². The second kappa shape index (κ2) is 10.1. The zero-order chi connectivity index (χ0) is 22.4. The van der Waals surface area contributed by atoms with Crippen LogP contribution in [0.3, 0.4) is 0 Å². The quantitative estimate of drug-likeness (QED) is 0.555. The van der Waals surface area contributed by atoms with Crippen LogP contribution in [0.4, 0.5) is 11.6 Å². The number of ether oxygens (including phenoxy) is 2. The standard InChI is InChI=1S/C23H26N4O4S/c1-30-20-6-2-18(3-7-20)22-10-11-24-23(26-22)25-19-4-8-21(9-5-19)32(28,29)17-14-27-12-15-31-16-13-27/h2-11H,12-17H2,1H3,(H,24,25,26). The van der Waals surface area contributed by atoms with Gasteiger partial charge in [0, 0.05) is 37.1 Å². The average Bonchev–Trinajstić information content (AvgIpc) is 2.84. The van der Waals surface area contributed by atoms with Gasteiger partial charge in [0.1, 0.15) is 5.75 Å². The van der Waals surface area contributed by atoms with Crippen molar-refractivity contribution >= 4 is 21.5 Å². The van der Waals surface area contributed by atoms with Crippen molar-refractivity contribution < 1.29 is 17.9 Å². The molecule has 32 heavy (non-hydrogen) atoms. The minimum atomic E-state index is -3.35. The molecule has 1 N–H and O–H groups in total. The van der Waals surface area contributed by atoms with E-state index >= 15 is 0 Å². The molecule has 2 heterocycles. The molecule has 0 spiro atoms. The van der Waals surface area contributed by atoms with Crippen LogP contribution in [-0.2, 0) is 14.6 Å². The monoisotopic (exact) mass is 454 g/mol. The van der Waals surface area contributed by atoms with Crippen LogP contribution in [0.1, 0.15) is 0 Å². The molecule has 0 amide bonds. The maximum Gasteiger partial charge on any atom is 0.227 e. The molecule has 0 radical (unpaired) electrons. The number of morpholine rings is 1. The lowest BCUT2D eigenvalue weighted by atomic mass is 10.1. The number of aromatic nitrogens is 2. The highest BCUT2D eigenvalue weighted by molar-refractivity contribution is 7.91. The molecule has 1 saturated heterocycles. The normalized spacial score (nSPS) is 14.8. The van der Waals surface area contributed by atoms with Gasteiger partial charge in [-0.3, -0.25) is 4.90 Å². The van der Waals surface area contributed by atoms with Gasteiger partial charge in [0.05, 0.1) is 36.7 Å². The molecule has 0 atom stereocenters. The molecule has 0 unspecified atom stereocenters. The summed E-state index contributed by atoms with van der Waals surface area (Å²) < 4.78 is 35.9. The SMILES string of the molecule is COc1ccc(-c2ccnc(Nc3ccc(S(=O)(=O)CCN4CCOCC4)cc3)n2)cc1. The largest absolute Gasteiger partial charge is 0.497 e. The van der Waals surface area contributed by atoms with Gasteiger partial charge in [-0.25, -0.2) is 18.4 Å². The van der Waals surface area contributed by atoms with Crippen LogP contribution in [0.15, 0.2) is 65.7 Å². The summed E-state index contributed by atoms with van der Waals surface area (Å²) in [7, 11) is -1.72. The van der Waals surface area contributed by atoms with E-state index in [0.717, 1.165) is 30.1 Å². The molecule has 4 rings (SSSR count). The van der Waals surface area contributed by atoms with Crippen molar-refractivity contribution in [3.8, 4) is 17.0 Å². The summed E-state index contributed by atoms with van der Waals surface area (Å²) in [5, 5.41) is 3.14. The minimum Gasteiger partial charge on any atom is -0.497 e.